The largest absolute Gasteiger partial charge is 0.433 e. The highest BCUT2D eigenvalue weighted by Gasteiger charge is 2.33. The maximum atomic E-state index is 12.7. The lowest BCUT2D eigenvalue weighted by molar-refractivity contribution is -0.141. The third kappa shape index (κ3) is 2.42. The molecule has 2 aromatic heterocycles. The molecule has 2 aromatic rings. The average molecular weight is 285 g/mol. The van der Waals surface area contributed by atoms with Gasteiger partial charge in [0.05, 0.1) is 5.56 Å². The lowest BCUT2D eigenvalue weighted by Gasteiger charge is -2.13. The maximum absolute atomic E-state index is 12.7. The van der Waals surface area contributed by atoms with Crippen LogP contribution in [0, 0.1) is 6.92 Å². The Hall–Kier alpha value is -2.58. The van der Waals surface area contributed by atoms with Crippen molar-refractivity contribution in [3.8, 4) is 5.82 Å². The molecule has 0 radical (unpaired) electrons. The van der Waals surface area contributed by atoms with Crippen LogP contribution in [0.15, 0.2) is 29.7 Å². The van der Waals surface area contributed by atoms with Crippen LogP contribution >= 0.6 is 0 Å². The number of alkyl halides is 3. The van der Waals surface area contributed by atoms with Gasteiger partial charge in [0.2, 0.25) is 0 Å². The maximum Gasteiger partial charge on any atom is 0.433 e. The SMILES string of the molecule is Cc1nccn1-c1nc(C(F)(F)F)ccc1C(N)=NO. The Bertz CT molecular complexity index is 662. The minimum atomic E-state index is -4.59. The Morgan fingerprint density at radius 3 is 2.60 bits per heavy atom. The van der Waals surface area contributed by atoms with E-state index in [4.69, 9.17) is 10.9 Å². The van der Waals surface area contributed by atoms with E-state index < -0.39 is 11.9 Å². The van der Waals surface area contributed by atoms with Crippen molar-refractivity contribution in [2.75, 3.05) is 0 Å². The number of hydrogen-bond donors (Lipinski definition) is 2. The molecule has 0 spiro atoms. The Balaban J connectivity index is 2.70. The summed E-state index contributed by atoms with van der Waals surface area (Å²) in [5.74, 6) is -0.0248. The zero-order valence-corrected chi connectivity index (χ0v) is 10.3. The molecule has 0 aliphatic carbocycles. The third-order valence-electron chi connectivity index (χ3n) is 2.60. The van der Waals surface area contributed by atoms with Crippen LogP contribution in [0.25, 0.3) is 5.82 Å². The lowest BCUT2D eigenvalue weighted by Crippen LogP contribution is -2.20. The van der Waals surface area contributed by atoms with Gasteiger partial charge in [-0.1, -0.05) is 5.16 Å². The van der Waals surface area contributed by atoms with Crippen LogP contribution in [0.1, 0.15) is 17.1 Å². The molecule has 0 aliphatic rings. The molecule has 106 valence electrons. The van der Waals surface area contributed by atoms with Gasteiger partial charge in [0.25, 0.3) is 0 Å². The second-order valence-electron chi connectivity index (χ2n) is 3.90. The van der Waals surface area contributed by atoms with E-state index in [1.54, 1.807) is 6.92 Å². The van der Waals surface area contributed by atoms with E-state index in [9.17, 15) is 13.2 Å². The summed E-state index contributed by atoms with van der Waals surface area (Å²) in [6, 6.07) is 1.86. The lowest BCUT2D eigenvalue weighted by atomic mass is 10.2. The summed E-state index contributed by atoms with van der Waals surface area (Å²) in [6.07, 6.45) is -1.74. The molecule has 0 aliphatic heterocycles. The fourth-order valence-electron chi connectivity index (χ4n) is 1.65. The Labute approximate surface area is 111 Å². The number of nitrogens with zero attached hydrogens (tertiary/aromatic N) is 4. The van der Waals surface area contributed by atoms with Crippen molar-refractivity contribution >= 4 is 5.84 Å². The Kier molecular flexibility index (Phi) is 3.35. The van der Waals surface area contributed by atoms with Gasteiger partial charge in [-0.2, -0.15) is 13.2 Å². The highest BCUT2D eigenvalue weighted by atomic mass is 19.4. The van der Waals surface area contributed by atoms with E-state index in [0.717, 1.165) is 12.1 Å². The topological polar surface area (TPSA) is 89.3 Å². The number of oxime groups is 1. The third-order valence-corrected chi connectivity index (χ3v) is 2.60. The van der Waals surface area contributed by atoms with Crippen LogP contribution in [0.2, 0.25) is 0 Å². The van der Waals surface area contributed by atoms with Gasteiger partial charge in [0.15, 0.2) is 5.84 Å². The summed E-state index contributed by atoms with van der Waals surface area (Å²) < 4.78 is 39.5. The monoisotopic (exact) mass is 285 g/mol. The number of halogens is 3. The number of aromatic nitrogens is 3. The van der Waals surface area contributed by atoms with Gasteiger partial charge < -0.3 is 10.9 Å². The molecule has 6 nitrogen and oxygen atoms in total. The first-order valence-corrected chi connectivity index (χ1v) is 5.41. The summed E-state index contributed by atoms with van der Waals surface area (Å²) in [5.41, 5.74) is 4.45. The molecule has 0 atom stereocenters. The highest BCUT2D eigenvalue weighted by Crippen LogP contribution is 2.29. The van der Waals surface area contributed by atoms with Crippen LogP contribution in [0.3, 0.4) is 0 Å². The number of amidine groups is 1. The Morgan fingerprint density at radius 2 is 2.10 bits per heavy atom. The molecule has 9 heteroatoms. The van der Waals surface area contributed by atoms with E-state index in [1.165, 1.54) is 17.0 Å². The van der Waals surface area contributed by atoms with Crippen molar-refractivity contribution in [1.29, 1.82) is 0 Å². The first-order valence-electron chi connectivity index (χ1n) is 5.41. The van der Waals surface area contributed by atoms with E-state index in [0.29, 0.717) is 5.82 Å². The van der Waals surface area contributed by atoms with Crippen LogP contribution in [-0.4, -0.2) is 25.6 Å². The minimum Gasteiger partial charge on any atom is -0.409 e. The van der Waals surface area contributed by atoms with Crippen molar-refractivity contribution in [2.45, 2.75) is 13.1 Å². The van der Waals surface area contributed by atoms with Gasteiger partial charge >= 0.3 is 6.18 Å². The fourth-order valence-corrected chi connectivity index (χ4v) is 1.65. The summed E-state index contributed by atoms with van der Waals surface area (Å²) in [5, 5.41) is 11.5. The first-order chi connectivity index (χ1) is 9.34. The summed E-state index contributed by atoms with van der Waals surface area (Å²) >= 11 is 0. The molecule has 0 saturated carbocycles. The molecule has 20 heavy (non-hydrogen) atoms. The zero-order chi connectivity index (χ0) is 14.9. The smallest absolute Gasteiger partial charge is 0.409 e. The van der Waals surface area contributed by atoms with Gasteiger partial charge in [0, 0.05) is 12.4 Å². The van der Waals surface area contributed by atoms with Crippen LogP contribution < -0.4 is 5.73 Å². The van der Waals surface area contributed by atoms with Crippen molar-refractivity contribution < 1.29 is 18.4 Å². The minimum absolute atomic E-state index is 0.0709. The number of hydrogen-bond acceptors (Lipinski definition) is 4. The number of aryl methyl sites for hydroxylation is 1. The standard InChI is InChI=1S/C11H10F3N5O/c1-6-16-4-5-19(6)10-7(9(15)18-20)2-3-8(17-10)11(12,13)14/h2-5,20H,1H3,(H2,15,18). The van der Waals surface area contributed by atoms with Crippen LogP contribution in [-0.2, 0) is 6.18 Å². The van der Waals surface area contributed by atoms with Crippen molar-refractivity contribution in [3.63, 3.8) is 0 Å². The predicted molar refractivity (Wildman–Crippen MR) is 63.6 cm³/mol. The molecule has 3 N–H and O–H groups in total. The van der Waals surface area contributed by atoms with Gasteiger partial charge in [-0.3, -0.25) is 4.57 Å². The van der Waals surface area contributed by atoms with E-state index in [-0.39, 0.29) is 17.2 Å². The molecule has 2 heterocycles. The van der Waals surface area contributed by atoms with E-state index in [2.05, 4.69) is 15.1 Å². The number of rotatable bonds is 2. The number of pyridine rings is 1. The quantitative estimate of drug-likeness (QED) is 0.380. The number of nitrogens with two attached hydrogens (primary N) is 1. The van der Waals surface area contributed by atoms with Gasteiger partial charge in [-0.05, 0) is 19.1 Å². The first kappa shape index (κ1) is 13.8. The fraction of sp³-hybridized carbons (Fsp3) is 0.182. The van der Waals surface area contributed by atoms with E-state index >= 15 is 0 Å². The normalized spacial score (nSPS) is 12.7. The van der Waals surface area contributed by atoms with Gasteiger partial charge in [0.1, 0.15) is 17.3 Å². The summed E-state index contributed by atoms with van der Waals surface area (Å²) in [6.45, 7) is 1.60. The van der Waals surface area contributed by atoms with Crippen molar-refractivity contribution in [3.05, 3.63) is 41.6 Å². The second-order valence-corrected chi connectivity index (χ2v) is 3.90. The van der Waals surface area contributed by atoms with Crippen LogP contribution in [0.5, 0.6) is 0 Å². The molecule has 0 amide bonds. The van der Waals surface area contributed by atoms with E-state index in [1.807, 2.05) is 0 Å². The predicted octanol–water partition coefficient (Wildman–Crippen LogP) is 1.69. The second kappa shape index (κ2) is 4.83. The van der Waals surface area contributed by atoms with Crippen molar-refractivity contribution in [2.24, 2.45) is 10.9 Å². The molecule has 0 aromatic carbocycles. The average Bonchev–Trinajstić information content (AvgIpc) is 2.82. The molecule has 0 unspecified atom stereocenters. The molecule has 2 rings (SSSR count). The Morgan fingerprint density at radius 1 is 1.40 bits per heavy atom. The molecular weight excluding hydrogens is 275 g/mol. The zero-order valence-electron chi connectivity index (χ0n) is 10.3. The number of imidazole rings is 1. The van der Waals surface area contributed by atoms with Crippen LogP contribution in [0.4, 0.5) is 13.2 Å². The van der Waals surface area contributed by atoms with Gasteiger partial charge in [-0.15, -0.1) is 0 Å². The highest BCUT2D eigenvalue weighted by molar-refractivity contribution is 5.99. The molecule has 0 fully saturated rings. The van der Waals surface area contributed by atoms with Gasteiger partial charge in [-0.25, -0.2) is 9.97 Å². The molecule has 0 bridgehead atoms. The molecule has 0 saturated heterocycles. The van der Waals surface area contributed by atoms with Crippen molar-refractivity contribution in [1.82, 2.24) is 14.5 Å². The molecular formula is C11H10F3N5O. The summed E-state index contributed by atoms with van der Waals surface area (Å²) in [7, 11) is 0. The summed E-state index contributed by atoms with van der Waals surface area (Å²) in [4.78, 5) is 7.45.